The summed E-state index contributed by atoms with van der Waals surface area (Å²) in [6.07, 6.45) is 3.12. The molecule has 0 saturated carbocycles. The van der Waals surface area contributed by atoms with Crippen molar-refractivity contribution in [1.29, 1.82) is 5.26 Å². The minimum absolute atomic E-state index is 0.0135. The van der Waals surface area contributed by atoms with Crippen molar-refractivity contribution in [1.82, 2.24) is 9.88 Å². The molecule has 2 N–H and O–H groups in total. The molecule has 2 unspecified atom stereocenters. The number of pyridine rings is 1. The maximum Gasteiger partial charge on any atom is 0.0674 e. The quantitative estimate of drug-likeness (QED) is 0.743. The molecular weight excluding hydrogens is 252 g/mol. The molecule has 1 aromatic heterocycles. The maximum atomic E-state index is 8.83. The molecule has 0 saturated heterocycles. The Labute approximate surface area is 121 Å². The van der Waals surface area contributed by atoms with Crippen LogP contribution in [0.4, 0.5) is 0 Å². The highest BCUT2D eigenvalue weighted by molar-refractivity contribution is 5.11. The normalized spacial score (nSPS) is 13.9. The van der Waals surface area contributed by atoms with Gasteiger partial charge in [-0.2, -0.15) is 5.26 Å². The molecule has 0 aromatic carbocycles. The Balaban J connectivity index is 2.94. The molecule has 110 valence electrons. The highest BCUT2D eigenvalue weighted by atomic mass is 16.5. The van der Waals surface area contributed by atoms with E-state index in [0.717, 1.165) is 18.7 Å². The molecular formula is C15H24N4O. The van der Waals surface area contributed by atoms with Crippen LogP contribution in [0.3, 0.4) is 0 Å². The Morgan fingerprint density at radius 3 is 2.80 bits per heavy atom. The minimum atomic E-state index is -0.0135. The van der Waals surface area contributed by atoms with Gasteiger partial charge in [-0.15, -0.1) is 0 Å². The first-order valence-corrected chi connectivity index (χ1v) is 7.01. The second kappa shape index (κ2) is 9.43. The van der Waals surface area contributed by atoms with E-state index in [9.17, 15) is 0 Å². The molecule has 0 aliphatic carbocycles. The molecule has 1 aromatic rings. The molecule has 5 heteroatoms. The molecule has 20 heavy (non-hydrogen) atoms. The molecule has 0 fully saturated rings. The Hall–Kier alpha value is -1.48. The van der Waals surface area contributed by atoms with Gasteiger partial charge in [-0.05, 0) is 18.6 Å². The van der Waals surface area contributed by atoms with Gasteiger partial charge in [0.1, 0.15) is 0 Å². The summed E-state index contributed by atoms with van der Waals surface area (Å²) in [5.74, 6) is 0. The second-order valence-electron chi connectivity index (χ2n) is 4.71. The van der Waals surface area contributed by atoms with E-state index in [0.29, 0.717) is 19.6 Å². The number of nitrogens with zero attached hydrogens (tertiary/aromatic N) is 3. The number of nitriles is 1. The van der Waals surface area contributed by atoms with Crippen molar-refractivity contribution in [3.8, 4) is 6.07 Å². The van der Waals surface area contributed by atoms with E-state index >= 15 is 0 Å². The zero-order valence-electron chi connectivity index (χ0n) is 12.3. The lowest BCUT2D eigenvalue weighted by Crippen LogP contribution is -2.43. The molecule has 5 nitrogen and oxygen atoms in total. The van der Waals surface area contributed by atoms with E-state index in [4.69, 9.17) is 15.7 Å². The summed E-state index contributed by atoms with van der Waals surface area (Å²) in [6, 6.07) is 8.06. The third-order valence-corrected chi connectivity index (χ3v) is 3.35. The van der Waals surface area contributed by atoms with Crippen LogP contribution >= 0.6 is 0 Å². The lowest BCUT2D eigenvalue weighted by molar-refractivity contribution is 0.107. The van der Waals surface area contributed by atoms with Gasteiger partial charge in [0.15, 0.2) is 0 Å². The number of aromatic nitrogens is 1. The van der Waals surface area contributed by atoms with Crippen LogP contribution < -0.4 is 5.73 Å². The van der Waals surface area contributed by atoms with E-state index < -0.39 is 0 Å². The zero-order valence-corrected chi connectivity index (χ0v) is 12.3. The monoisotopic (exact) mass is 276 g/mol. The lowest BCUT2D eigenvalue weighted by atomic mass is 10.00. The smallest absolute Gasteiger partial charge is 0.0674 e. The second-order valence-corrected chi connectivity index (χ2v) is 4.71. The highest BCUT2D eigenvalue weighted by Crippen LogP contribution is 2.23. The first kappa shape index (κ1) is 16.6. The Bertz CT molecular complexity index is 404. The third kappa shape index (κ3) is 4.89. The predicted molar refractivity (Wildman–Crippen MR) is 78.9 cm³/mol. The molecule has 0 amide bonds. The average molecular weight is 276 g/mol. The first-order valence-electron chi connectivity index (χ1n) is 7.01. The molecule has 2 atom stereocenters. The topological polar surface area (TPSA) is 75.2 Å². The average Bonchev–Trinajstić information content (AvgIpc) is 2.50. The van der Waals surface area contributed by atoms with Crippen LogP contribution in [0.25, 0.3) is 0 Å². The van der Waals surface area contributed by atoms with Crippen molar-refractivity contribution in [3.63, 3.8) is 0 Å². The van der Waals surface area contributed by atoms with E-state index in [1.807, 2.05) is 18.2 Å². The molecule has 0 aliphatic heterocycles. The number of nitrogens with two attached hydrogens (primary N) is 1. The fourth-order valence-electron chi connectivity index (χ4n) is 2.24. The van der Waals surface area contributed by atoms with Gasteiger partial charge >= 0.3 is 0 Å². The van der Waals surface area contributed by atoms with Gasteiger partial charge < -0.3 is 10.5 Å². The Morgan fingerprint density at radius 1 is 1.45 bits per heavy atom. The van der Waals surface area contributed by atoms with Crippen LogP contribution in [0.1, 0.15) is 31.5 Å². The van der Waals surface area contributed by atoms with Crippen LogP contribution in [0, 0.1) is 11.3 Å². The summed E-state index contributed by atoms with van der Waals surface area (Å²) in [5, 5.41) is 8.83. The molecule has 1 heterocycles. The zero-order chi connectivity index (χ0) is 14.8. The Morgan fingerprint density at radius 2 is 2.25 bits per heavy atom. The van der Waals surface area contributed by atoms with E-state index in [2.05, 4.69) is 22.9 Å². The number of hydrogen-bond acceptors (Lipinski definition) is 5. The van der Waals surface area contributed by atoms with E-state index in [1.54, 1.807) is 13.3 Å². The standard InChI is InChI=1S/C15H24N4O/c1-3-13(17)15(14-7-4-5-9-18-14)19(10-6-8-16)11-12-20-2/h4-5,7,9,13,15H,3,6,10-12,17H2,1-2H3. The molecule has 1 rings (SSSR count). The number of hydrogen-bond donors (Lipinski definition) is 1. The third-order valence-electron chi connectivity index (χ3n) is 3.35. The van der Waals surface area contributed by atoms with Crippen molar-refractivity contribution in [2.45, 2.75) is 31.8 Å². The number of rotatable bonds is 9. The summed E-state index contributed by atoms with van der Waals surface area (Å²) in [7, 11) is 1.68. The van der Waals surface area contributed by atoms with Crippen molar-refractivity contribution >= 4 is 0 Å². The fourth-order valence-corrected chi connectivity index (χ4v) is 2.24. The predicted octanol–water partition coefficient (Wildman–Crippen LogP) is 1.72. The summed E-state index contributed by atoms with van der Waals surface area (Å²) in [5.41, 5.74) is 7.24. The largest absolute Gasteiger partial charge is 0.383 e. The molecule has 0 bridgehead atoms. The van der Waals surface area contributed by atoms with Crippen molar-refractivity contribution in [2.24, 2.45) is 5.73 Å². The van der Waals surface area contributed by atoms with Crippen LogP contribution in [-0.2, 0) is 4.74 Å². The van der Waals surface area contributed by atoms with Gasteiger partial charge in [0, 0.05) is 38.9 Å². The van der Waals surface area contributed by atoms with E-state index in [-0.39, 0.29) is 12.1 Å². The van der Waals surface area contributed by atoms with Gasteiger partial charge in [-0.1, -0.05) is 13.0 Å². The van der Waals surface area contributed by atoms with Crippen molar-refractivity contribution < 1.29 is 4.74 Å². The molecule has 0 radical (unpaired) electrons. The molecule has 0 aliphatic rings. The van der Waals surface area contributed by atoms with Crippen LogP contribution in [0.15, 0.2) is 24.4 Å². The van der Waals surface area contributed by atoms with Gasteiger partial charge in [0.2, 0.25) is 0 Å². The van der Waals surface area contributed by atoms with Gasteiger partial charge in [-0.25, -0.2) is 0 Å². The lowest BCUT2D eigenvalue weighted by Gasteiger charge is -2.34. The van der Waals surface area contributed by atoms with Crippen LogP contribution in [-0.4, -0.2) is 42.7 Å². The molecule has 0 spiro atoms. The summed E-state index contributed by atoms with van der Waals surface area (Å²) in [6.45, 7) is 4.10. The summed E-state index contributed by atoms with van der Waals surface area (Å²) < 4.78 is 5.17. The first-order chi connectivity index (χ1) is 9.74. The van der Waals surface area contributed by atoms with E-state index in [1.165, 1.54) is 0 Å². The maximum absolute atomic E-state index is 8.83. The Kier molecular flexibility index (Phi) is 7.81. The fraction of sp³-hybridized carbons (Fsp3) is 0.600. The van der Waals surface area contributed by atoms with Gasteiger partial charge in [0.25, 0.3) is 0 Å². The van der Waals surface area contributed by atoms with Crippen molar-refractivity contribution in [2.75, 3.05) is 26.8 Å². The SMILES string of the molecule is CCC(N)C(c1ccccn1)N(CCC#N)CCOC. The van der Waals surface area contributed by atoms with Crippen LogP contribution in [0.5, 0.6) is 0 Å². The van der Waals surface area contributed by atoms with Crippen LogP contribution in [0.2, 0.25) is 0 Å². The highest BCUT2D eigenvalue weighted by Gasteiger charge is 2.26. The van der Waals surface area contributed by atoms with Gasteiger partial charge in [-0.3, -0.25) is 9.88 Å². The van der Waals surface area contributed by atoms with Crippen molar-refractivity contribution in [3.05, 3.63) is 30.1 Å². The van der Waals surface area contributed by atoms with Gasteiger partial charge in [0.05, 0.1) is 24.4 Å². The summed E-state index contributed by atoms with van der Waals surface area (Å²) >= 11 is 0. The minimum Gasteiger partial charge on any atom is -0.383 e. The summed E-state index contributed by atoms with van der Waals surface area (Å²) in [4.78, 5) is 6.64. The number of methoxy groups -OCH3 is 1. The number of ether oxygens (including phenoxy) is 1.